The van der Waals surface area contributed by atoms with E-state index in [1.807, 2.05) is 48.7 Å². The van der Waals surface area contributed by atoms with Gasteiger partial charge < -0.3 is 10.1 Å². The lowest BCUT2D eigenvalue weighted by Crippen LogP contribution is -2.25. The topological polar surface area (TPSA) is 84.8 Å². The first kappa shape index (κ1) is 16.8. The van der Waals surface area contributed by atoms with Crippen LogP contribution >= 0.6 is 0 Å². The Morgan fingerprint density at radius 2 is 2.11 bits per heavy atom. The Balaban J connectivity index is 1.58. The van der Waals surface area contributed by atoms with Gasteiger partial charge in [0.2, 0.25) is 0 Å². The van der Waals surface area contributed by atoms with E-state index in [-0.39, 0.29) is 5.91 Å². The number of aromatic nitrogens is 4. The van der Waals surface area contributed by atoms with Crippen LogP contribution in [0, 0.1) is 0 Å². The Morgan fingerprint density at radius 1 is 1.22 bits per heavy atom. The van der Waals surface area contributed by atoms with Crippen LogP contribution in [0.1, 0.15) is 16.1 Å². The van der Waals surface area contributed by atoms with Gasteiger partial charge in [-0.2, -0.15) is 10.2 Å². The van der Waals surface area contributed by atoms with Crippen LogP contribution in [0.2, 0.25) is 0 Å². The fourth-order valence-corrected chi connectivity index (χ4v) is 3.11. The van der Waals surface area contributed by atoms with E-state index in [2.05, 4.69) is 20.6 Å². The minimum Gasteiger partial charge on any atom is -0.497 e. The monoisotopic (exact) mass is 361 g/mol. The molecular weight excluding hydrogens is 342 g/mol. The van der Waals surface area contributed by atoms with Crippen molar-refractivity contribution < 1.29 is 9.53 Å². The van der Waals surface area contributed by atoms with Crippen molar-refractivity contribution >= 4 is 16.8 Å². The summed E-state index contributed by atoms with van der Waals surface area (Å²) in [4.78, 5) is 12.8. The molecule has 4 rings (SSSR count). The van der Waals surface area contributed by atoms with Gasteiger partial charge in [0.05, 0.1) is 18.8 Å². The number of amides is 1. The molecule has 0 aliphatic rings. The molecule has 0 aliphatic carbocycles. The molecule has 7 heteroatoms. The first-order valence-electron chi connectivity index (χ1n) is 8.53. The number of nitrogens with zero attached hydrogens (tertiary/aromatic N) is 3. The van der Waals surface area contributed by atoms with Crippen LogP contribution in [0.25, 0.3) is 22.0 Å². The van der Waals surface area contributed by atoms with Gasteiger partial charge in [0.1, 0.15) is 11.4 Å². The minimum absolute atomic E-state index is 0.168. The molecular formula is C20H19N5O2. The standard InChI is InChI=1S/C20H19N5O2/c1-25-19(20(26)21-10-13-4-3-5-16(8-13)27-2)17-7-6-14(9-18(17)24-25)15-11-22-23-12-15/h3-9,11-12H,10H2,1-2H3,(H,21,26)(H,22,23). The number of nitrogens with one attached hydrogen (secondary N) is 2. The summed E-state index contributed by atoms with van der Waals surface area (Å²) in [5, 5.41) is 15.0. The van der Waals surface area contributed by atoms with E-state index in [1.165, 1.54) is 0 Å². The zero-order chi connectivity index (χ0) is 18.8. The SMILES string of the molecule is COc1cccc(CNC(=O)c2c3ccc(-c4cn[nH]c4)cc3nn2C)c1. The smallest absolute Gasteiger partial charge is 0.270 e. The Labute approximate surface area is 156 Å². The second kappa shape index (κ2) is 6.95. The van der Waals surface area contributed by atoms with E-state index in [0.29, 0.717) is 12.2 Å². The number of rotatable bonds is 5. The quantitative estimate of drug-likeness (QED) is 0.572. The molecule has 136 valence electrons. The summed E-state index contributed by atoms with van der Waals surface area (Å²) in [5.41, 5.74) is 4.25. The molecule has 2 aromatic heterocycles. The van der Waals surface area contributed by atoms with Gasteiger partial charge in [0, 0.05) is 30.7 Å². The minimum atomic E-state index is -0.168. The third-order valence-corrected chi connectivity index (χ3v) is 4.47. The number of ether oxygens (including phenoxy) is 1. The summed E-state index contributed by atoms with van der Waals surface area (Å²) < 4.78 is 6.83. The molecule has 0 bridgehead atoms. The van der Waals surface area contributed by atoms with Crippen molar-refractivity contribution in [1.29, 1.82) is 0 Å². The van der Waals surface area contributed by atoms with Gasteiger partial charge in [-0.05, 0) is 35.4 Å². The van der Waals surface area contributed by atoms with Crippen LogP contribution in [0.5, 0.6) is 5.75 Å². The fraction of sp³-hybridized carbons (Fsp3) is 0.150. The normalized spacial score (nSPS) is 10.9. The van der Waals surface area contributed by atoms with Gasteiger partial charge in [-0.3, -0.25) is 14.6 Å². The molecule has 0 radical (unpaired) electrons. The summed E-state index contributed by atoms with van der Waals surface area (Å²) in [5.74, 6) is 0.596. The van der Waals surface area contributed by atoms with Crippen LogP contribution in [0.3, 0.4) is 0 Å². The third kappa shape index (κ3) is 3.27. The van der Waals surface area contributed by atoms with E-state index >= 15 is 0 Å². The molecule has 0 saturated heterocycles. The molecule has 0 fully saturated rings. The number of hydrogen-bond donors (Lipinski definition) is 2. The number of H-pyrrole nitrogens is 1. The average molecular weight is 361 g/mol. The lowest BCUT2D eigenvalue weighted by atomic mass is 10.1. The van der Waals surface area contributed by atoms with E-state index in [9.17, 15) is 4.79 Å². The van der Waals surface area contributed by atoms with Gasteiger partial charge >= 0.3 is 0 Å². The maximum atomic E-state index is 12.8. The number of methoxy groups -OCH3 is 1. The number of carbonyl (C=O) groups excluding carboxylic acids is 1. The summed E-state index contributed by atoms with van der Waals surface area (Å²) in [7, 11) is 3.40. The maximum Gasteiger partial charge on any atom is 0.270 e. The first-order valence-corrected chi connectivity index (χ1v) is 8.53. The van der Waals surface area contributed by atoms with E-state index in [0.717, 1.165) is 33.3 Å². The van der Waals surface area contributed by atoms with Crippen LogP contribution in [0.15, 0.2) is 54.9 Å². The lowest BCUT2D eigenvalue weighted by Gasteiger charge is -2.07. The second-order valence-electron chi connectivity index (χ2n) is 6.23. The zero-order valence-electron chi connectivity index (χ0n) is 15.1. The molecule has 0 spiro atoms. The Kier molecular flexibility index (Phi) is 4.33. The molecule has 4 aromatic rings. The average Bonchev–Trinajstić information content (AvgIpc) is 3.33. The number of aromatic amines is 1. The Hall–Kier alpha value is -3.61. The molecule has 2 heterocycles. The van der Waals surface area contributed by atoms with Crippen molar-refractivity contribution in [3.8, 4) is 16.9 Å². The van der Waals surface area contributed by atoms with Crippen LogP contribution < -0.4 is 10.1 Å². The Morgan fingerprint density at radius 3 is 2.89 bits per heavy atom. The van der Waals surface area contributed by atoms with Crippen LogP contribution in [0.4, 0.5) is 0 Å². The molecule has 7 nitrogen and oxygen atoms in total. The van der Waals surface area contributed by atoms with Crippen LogP contribution in [-0.2, 0) is 13.6 Å². The van der Waals surface area contributed by atoms with Crippen molar-refractivity contribution in [3.63, 3.8) is 0 Å². The zero-order valence-corrected chi connectivity index (χ0v) is 15.1. The van der Waals surface area contributed by atoms with E-state index < -0.39 is 0 Å². The second-order valence-corrected chi connectivity index (χ2v) is 6.23. The lowest BCUT2D eigenvalue weighted by molar-refractivity contribution is 0.0943. The number of aryl methyl sites for hydroxylation is 1. The maximum absolute atomic E-state index is 12.8. The predicted octanol–water partition coefficient (Wildman–Crippen LogP) is 2.90. The highest BCUT2D eigenvalue weighted by Gasteiger charge is 2.17. The van der Waals surface area contributed by atoms with Gasteiger partial charge in [0.25, 0.3) is 5.91 Å². The molecule has 2 aromatic carbocycles. The largest absolute Gasteiger partial charge is 0.497 e. The number of benzene rings is 2. The summed E-state index contributed by atoms with van der Waals surface area (Å²) in [6.45, 7) is 0.413. The molecule has 0 unspecified atom stereocenters. The molecule has 0 atom stereocenters. The highest BCUT2D eigenvalue weighted by atomic mass is 16.5. The van der Waals surface area contributed by atoms with Gasteiger partial charge in [-0.1, -0.05) is 18.2 Å². The van der Waals surface area contributed by atoms with Crippen LogP contribution in [-0.4, -0.2) is 33.0 Å². The molecule has 2 N–H and O–H groups in total. The third-order valence-electron chi connectivity index (χ3n) is 4.47. The number of carbonyl (C=O) groups is 1. The van der Waals surface area contributed by atoms with Gasteiger partial charge in [0.15, 0.2) is 0 Å². The number of hydrogen-bond acceptors (Lipinski definition) is 4. The van der Waals surface area contributed by atoms with Crippen molar-refractivity contribution in [3.05, 3.63) is 66.1 Å². The van der Waals surface area contributed by atoms with Gasteiger partial charge in [-0.15, -0.1) is 0 Å². The number of fused-ring (bicyclic) bond motifs is 1. The molecule has 1 amide bonds. The molecule has 27 heavy (non-hydrogen) atoms. The van der Waals surface area contributed by atoms with Crippen molar-refractivity contribution in [2.24, 2.45) is 7.05 Å². The highest BCUT2D eigenvalue weighted by Crippen LogP contribution is 2.25. The summed E-state index contributed by atoms with van der Waals surface area (Å²) in [6.07, 6.45) is 3.58. The summed E-state index contributed by atoms with van der Waals surface area (Å²) in [6, 6.07) is 13.5. The highest BCUT2D eigenvalue weighted by molar-refractivity contribution is 6.05. The van der Waals surface area contributed by atoms with Crippen molar-refractivity contribution in [2.75, 3.05) is 7.11 Å². The Bertz CT molecular complexity index is 1100. The van der Waals surface area contributed by atoms with Crippen molar-refractivity contribution in [2.45, 2.75) is 6.54 Å². The molecule has 0 saturated carbocycles. The van der Waals surface area contributed by atoms with E-state index in [1.54, 1.807) is 25.0 Å². The fourth-order valence-electron chi connectivity index (χ4n) is 3.11. The van der Waals surface area contributed by atoms with Gasteiger partial charge in [-0.25, -0.2) is 0 Å². The predicted molar refractivity (Wildman–Crippen MR) is 102 cm³/mol. The summed E-state index contributed by atoms with van der Waals surface area (Å²) >= 11 is 0. The van der Waals surface area contributed by atoms with Crippen molar-refractivity contribution in [1.82, 2.24) is 25.3 Å². The van der Waals surface area contributed by atoms with E-state index in [4.69, 9.17) is 4.74 Å². The first-order chi connectivity index (χ1) is 13.2. The molecule has 0 aliphatic heterocycles.